The van der Waals surface area contributed by atoms with Crippen LogP contribution in [0.25, 0.3) is 22.5 Å². The number of aromatic amines is 1. The van der Waals surface area contributed by atoms with E-state index in [-0.39, 0.29) is 28.8 Å². The minimum absolute atomic E-state index is 0.0615. The summed E-state index contributed by atoms with van der Waals surface area (Å²) in [7, 11) is -0.239. The largest absolute Gasteiger partial charge is 0.414 e. The van der Waals surface area contributed by atoms with E-state index < -0.39 is 8.32 Å². The summed E-state index contributed by atoms with van der Waals surface area (Å²) in [6, 6.07) is 20.5. The van der Waals surface area contributed by atoms with Crippen LogP contribution in [0.3, 0.4) is 0 Å². The van der Waals surface area contributed by atoms with Crippen molar-refractivity contribution in [2.24, 2.45) is 0 Å². The van der Waals surface area contributed by atoms with Crippen molar-refractivity contribution in [3.8, 4) is 22.5 Å². The summed E-state index contributed by atoms with van der Waals surface area (Å²) in [4.78, 5) is 8.61. The third-order valence-electron chi connectivity index (χ3n) is 7.27. The number of H-pyrrole nitrogens is 1. The summed E-state index contributed by atoms with van der Waals surface area (Å²) in [6.45, 7) is 11.4. The quantitative estimate of drug-likeness (QED) is 0.259. The van der Waals surface area contributed by atoms with Gasteiger partial charge in [0.25, 0.3) is 0 Å². The Morgan fingerprint density at radius 2 is 1.60 bits per heavy atom. The fourth-order valence-electron chi connectivity index (χ4n) is 4.25. The maximum absolute atomic E-state index is 6.77. The molecule has 1 fully saturated rings. The standard InChI is InChI=1S/C28H38N2O3SSi/c1-28(2,3)35(5,6)33-21-17-22(32-23(18-21)31-4)26(34)27-29-24(19-13-9-7-10-14-19)25(30-27)20-15-11-8-12-16-20/h7-16,21-23,26,34H,17-18H2,1-6H3,(H,29,30)/t21-,22+,23-,26?/m1/s1. The summed E-state index contributed by atoms with van der Waals surface area (Å²) >= 11 is 5.02. The zero-order valence-corrected chi connectivity index (χ0v) is 23.5. The van der Waals surface area contributed by atoms with Crippen molar-refractivity contribution < 1.29 is 13.9 Å². The van der Waals surface area contributed by atoms with E-state index in [0.717, 1.165) is 41.2 Å². The highest BCUT2D eigenvalue weighted by atomic mass is 32.1. The van der Waals surface area contributed by atoms with Gasteiger partial charge >= 0.3 is 0 Å². The molecule has 2 aromatic carbocycles. The van der Waals surface area contributed by atoms with Crippen LogP contribution in [-0.4, -0.2) is 43.9 Å². The molecule has 0 amide bonds. The molecular formula is C28H38N2O3SSi. The van der Waals surface area contributed by atoms with E-state index >= 15 is 0 Å². The number of rotatable bonds is 7. The lowest BCUT2D eigenvalue weighted by molar-refractivity contribution is -0.201. The number of thiol groups is 1. The lowest BCUT2D eigenvalue weighted by Crippen LogP contribution is -2.48. The molecule has 2 heterocycles. The van der Waals surface area contributed by atoms with Gasteiger partial charge in [-0.1, -0.05) is 81.4 Å². The van der Waals surface area contributed by atoms with Crippen LogP contribution in [0.1, 0.15) is 44.7 Å². The van der Waals surface area contributed by atoms with Crippen LogP contribution in [0, 0.1) is 0 Å². The van der Waals surface area contributed by atoms with E-state index in [0.29, 0.717) is 0 Å². The molecule has 1 unspecified atom stereocenters. The van der Waals surface area contributed by atoms with Gasteiger partial charge in [-0.05, 0) is 18.1 Å². The van der Waals surface area contributed by atoms with Crippen molar-refractivity contribution in [3.63, 3.8) is 0 Å². The van der Waals surface area contributed by atoms with Crippen molar-refractivity contribution in [1.82, 2.24) is 9.97 Å². The van der Waals surface area contributed by atoms with Crippen LogP contribution in [0.15, 0.2) is 60.7 Å². The van der Waals surface area contributed by atoms with E-state index in [1.165, 1.54) is 0 Å². The van der Waals surface area contributed by atoms with Crippen molar-refractivity contribution in [2.45, 2.75) is 75.5 Å². The maximum Gasteiger partial charge on any atom is 0.192 e. The second kappa shape index (κ2) is 10.6. The molecule has 1 aliphatic rings. The number of benzene rings is 2. The average Bonchev–Trinajstić information content (AvgIpc) is 3.29. The molecule has 1 aliphatic heterocycles. The van der Waals surface area contributed by atoms with E-state index in [4.69, 9.17) is 31.5 Å². The van der Waals surface area contributed by atoms with E-state index in [2.05, 4.69) is 63.1 Å². The molecule has 35 heavy (non-hydrogen) atoms. The summed E-state index contributed by atoms with van der Waals surface area (Å²) in [5.41, 5.74) is 4.05. The molecule has 7 heteroatoms. The minimum Gasteiger partial charge on any atom is -0.414 e. The fraction of sp³-hybridized carbons (Fsp3) is 0.464. The van der Waals surface area contributed by atoms with E-state index in [1.54, 1.807) is 7.11 Å². The normalized spacial score (nSPS) is 22.2. The number of hydrogen-bond acceptors (Lipinski definition) is 5. The molecule has 0 saturated carbocycles. The van der Waals surface area contributed by atoms with E-state index in [1.807, 2.05) is 36.4 Å². The predicted octanol–water partition coefficient (Wildman–Crippen LogP) is 7.26. The van der Waals surface area contributed by atoms with Crippen molar-refractivity contribution in [3.05, 3.63) is 66.5 Å². The fourth-order valence-corrected chi connectivity index (χ4v) is 5.94. The van der Waals surface area contributed by atoms with Crippen LogP contribution in [0.5, 0.6) is 0 Å². The van der Waals surface area contributed by atoms with Crippen LogP contribution < -0.4 is 0 Å². The number of imidazole rings is 1. The summed E-state index contributed by atoms with van der Waals surface area (Å²) in [6.07, 6.45) is 1.03. The van der Waals surface area contributed by atoms with Crippen molar-refractivity contribution in [1.29, 1.82) is 0 Å². The van der Waals surface area contributed by atoms with Gasteiger partial charge in [0.2, 0.25) is 0 Å². The van der Waals surface area contributed by atoms with Gasteiger partial charge in [-0.15, -0.1) is 0 Å². The lowest BCUT2D eigenvalue weighted by atomic mass is 10.0. The molecule has 3 aromatic rings. The monoisotopic (exact) mass is 510 g/mol. The number of methoxy groups -OCH3 is 1. The van der Waals surface area contributed by atoms with Crippen LogP contribution >= 0.6 is 12.6 Å². The molecule has 1 aromatic heterocycles. The first-order valence-electron chi connectivity index (χ1n) is 12.3. The smallest absolute Gasteiger partial charge is 0.192 e. The second-order valence-corrected chi connectivity index (χ2v) is 16.1. The van der Waals surface area contributed by atoms with Gasteiger partial charge in [0.15, 0.2) is 14.6 Å². The van der Waals surface area contributed by atoms with Crippen LogP contribution in [-0.2, 0) is 13.9 Å². The summed E-state index contributed by atoms with van der Waals surface area (Å²) in [5, 5.41) is -0.113. The minimum atomic E-state index is -1.93. The van der Waals surface area contributed by atoms with Gasteiger partial charge < -0.3 is 18.9 Å². The van der Waals surface area contributed by atoms with E-state index in [9.17, 15) is 0 Å². The summed E-state index contributed by atoms with van der Waals surface area (Å²) in [5.74, 6) is 0.791. The molecular weight excluding hydrogens is 472 g/mol. The second-order valence-electron chi connectivity index (χ2n) is 10.8. The molecule has 0 bridgehead atoms. The van der Waals surface area contributed by atoms with Crippen LogP contribution in [0.4, 0.5) is 0 Å². The highest BCUT2D eigenvalue weighted by Crippen LogP contribution is 2.42. The van der Waals surface area contributed by atoms with Gasteiger partial charge in [0, 0.05) is 31.1 Å². The number of ether oxygens (including phenoxy) is 2. The zero-order chi connectivity index (χ0) is 25.2. The molecule has 5 nitrogen and oxygen atoms in total. The Morgan fingerprint density at radius 1 is 1.00 bits per heavy atom. The molecule has 0 aliphatic carbocycles. The predicted molar refractivity (Wildman–Crippen MR) is 148 cm³/mol. The Bertz CT molecular complexity index is 1040. The Morgan fingerprint density at radius 3 is 2.17 bits per heavy atom. The molecule has 188 valence electrons. The number of nitrogens with zero attached hydrogens (tertiary/aromatic N) is 1. The Kier molecular flexibility index (Phi) is 7.93. The number of hydrogen-bond donors (Lipinski definition) is 2. The first-order valence-corrected chi connectivity index (χ1v) is 15.8. The Hall–Kier alpha value is -1.90. The lowest BCUT2D eigenvalue weighted by Gasteiger charge is -2.43. The zero-order valence-electron chi connectivity index (χ0n) is 21.6. The highest BCUT2D eigenvalue weighted by Gasteiger charge is 2.43. The first kappa shape index (κ1) is 26.2. The Labute approximate surface area is 216 Å². The molecule has 0 radical (unpaired) electrons. The SMILES string of the molecule is CO[C@H]1C[C@H](O[Si](C)(C)C(C)(C)C)C[C@@H](C(S)c2nc(-c3ccccc3)c(-c3ccccc3)[nH]2)O1. The highest BCUT2D eigenvalue weighted by molar-refractivity contribution is 7.80. The number of aromatic nitrogens is 2. The molecule has 0 spiro atoms. The first-order chi connectivity index (χ1) is 16.6. The number of nitrogens with one attached hydrogen (secondary N) is 1. The van der Waals surface area contributed by atoms with Crippen molar-refractivity contribution >= 4 is 20.9 Å². The van der Waals surface area contributed by atoms with Gasteiger partial charge in [-0.2, -0.15) is 12.6 Å². The average molecular weight is 511 g/mol. The Balaban J connectivity index is 1.64. The third-order valence-corrected chi connectivity index (χ3v) is 12.4. The molecule has 1 N–H and O–H groups in total. The van der Waals surface area contributed by atoms with Gasteiger partial charge in [0.1, 0.15) is 5.82 Å². The third kappa shape index (κ3) is 5.92. The molecule has 1 saturated heterocycles. The van der Waals surface area contributed by atoms with Gasteiger partial charge in [-0.25, -0.2) is 4.98 Å². The maximum atomic E-state index is 6.77. The van der Waals surface area contributed by atoms with Gasteiger partial charge in [-0.3, -0.25) is 0 Å². The molecule has 4 atom stereocenters. The van der Waals surface area contributed by atoms with Crippen LogP contribution in [0.2, 0.25) is 18.1 Å². The topological polar surface area (TPSA) is 56.4 Å². The van der Waals surface area contributed by atoms with Crippen molar-refractivity contribution in [2.75, 3.05) is 7.11 Å². The molecule has 4 rings (SSSR count). The summed E-state index contributed by atoms with van der Waals surface area (Å²) < 4.78 is 18.7. The van der Waals surface area contributed by atoms with Gasteiger partial charge in [0.05, 0.1) is 28.8 Å².